The second-order valence-electron chi connectivity index (χ2n) is 10.0. The zero-order valence-corrected chi connectivity index (χ0v) is 20.7. The summed E-state index contributed by atoms with van der Waals surface area (Å²) in [6.07, 6.45) is 6.32. The highest BCUT2D eigenvalue weighted by Crippen LogP contribution is 2.49. The molecular weight excluding hydrogens is 459 g/mol. The van der Waals surface area contributed by atoms with Gasteiger partial charge in [0.2, 0.25) is 0 Å². The summed E-state index contributed by atoms with van der Waals surface area (Å²) in [6.45, 7) is 1.08. The first-order chi connectivity index (χ1) is 17.5. The Balaban J connectivity index is 1.45. The van der Waals surface area contributed by atoms with E-state index in [1.165, 1.54) is 7.11 Å². The molecular formula is C29H33FN2O4. The van der Waals surface area contributed by atoms with Crippen molar-refractivity contribution in [3.63, 3.8) is 0 Å². The Labute approximate surface area is 211 Å². The van der Waals surface area contributed by atoms with Gasteiger partial charge >= 0.3 is 5.97 Å². The summed E-state index contributed by atoms with van der Waals surface area (Å²) in [6, 6.07) is 15.4. The van der Waals surface area contributed by atoms with Gasteiger partial charge in [-0.1, -0.05) is 42.5 Å². The van der Waals surface area contributed by atoms with Crippen LogP contribution in [-0.2, 0) is 16.1 Å². The molecule has 7 heteroatoms. The number of hydrogen-bond donors (Lipinski definition) is 1. The fourth-order valence-electron chi connectivity index (χ4n) is 5.45. The Hall–Kier alpha value is -3.19. The maximum atomic E-state index is 15.6. The molecule has 2 fully saturated rings. The van der Waals surface area contributed by atoms with E-state index in [1.54, 1.807) is 6.07 Å². The van der Waals surface area contributed by atoms with Crippen molar-refractivity contribution in [2.45, 2.75) is 51.0 Å². The van der Waals surface area contributed by atoms with Crippen LogP contribution in [-0.4, -0.2) is 41.2 Å². The second-order valence-corrected chi connectivity index (χ2v) is 10.0. The normalized spacial score (nSPS) is 19.8. The van der Waals surface area contributed by atoms with E-state index in [0.29, 0.717) is 29.9 Å². The lowest BCUT2D eigenvalue weighted by atomic mass is 9.82. The molecule has 190 valence electrons. The van der Waals surface area contributed by atoms with E-state index in [-0.39, 0.29) is 18.2 Å². The number of aliphatic carboxylic acids is 1. The molecule has 0 bridgehead atoms. The molecule has 0 spiro atoms. The number of carboxylic acids is 1. The average molecular weight is 493 g/mol. The Kier molecular flexibility index (Phi) is 7.37. The number of halogens is 1. The van der Waals surface area contributed by atoms with Crippen LogP contribution in [0.3, 0.4) is 0 Å². The van der Waals surface area contributed by atoms with Gasteiger partial charge < -0.3 is 14.6 Å². The van der Waals surface area contributed by atoms with Crippen molar-refractivity contribution >= 4 is 5.97 Å². The molecule has 36 heavy (non-hydrogen) atoms. The zero-order chi connectivity index (χ0) is 25.1. The Morgan fingerprint density at radius 1 is 1.03 bits per heavy atom. The molecule has 1 heterocycles. The van der Waals surface area contributed by atoms with Crippen LogP contribution in [0.15, 0.2) is 48.5 Å². The van der Waals surface area contributed by atoms with Crippen molar-refractivity contribution in [1.82, 2.24) is 9.78 Å². The third-order valence-electron chi connectivity index (χ3n) is 7.43. The van der Waals surface area contributed by atoms with Gasteiger partial charge in [0.25, 0.3) is 0 Å². The molecule has 6 nitrogen and oxygen atoms in total. The molecule has 0 radical (unpaired) electrons. The van der Waals surface area contributed by atoms with Crippen molar-refractivity contribution in [2.24, 2.45) is 11.8 Å². The summed E-state index contributed by atoms with van der Waals surface area (Å²) in [5.74, 6) is 0.237. The molecule has 2 saturated carbocycles. The molecule has 5 rings (SSSR count). The van der Waals surface area contributed by atoms with E-state index < -0.39 is 5.97 Å². The SMILES string of the molecule is COc1cccc(-c2c(-c3ccccc3)nn(C[C@H]3CC[C@H](COCC(=O)O)CC3)c2C2CC2)c1F. The van der Waals surface area contributed by atoms with Crippen LogP contribution in [0.4, 0.5) is 4.39 Å². The molecule has 2 aliphatic carbocycles. The molecule has 2 aromatic carbocycles. The summed E-state index contributed by atoms with van der Waals surface area (Å²) in [5.41, 5.74) is 4.36. The summed E-state index contributed by atoms with van der Waals surface area (Å²) in [7, 11) is 1.49. The minimum absolute atomic E-state index is 0.232. The molecule has 1 aromatic heterocycles. The van der Waals surface area contributed by atoms with Gasteiger partial charge in [-0.3, -0.25) is 4.68 Å². The molecule has 0 amide bonds. The van der Waals surface area contributed by atoms with Gasteiger partial charge in [0.15, 0.2) is 11.6 Å². The van der Waals surface area contributed by atoms with E-state index in [0.717, 1.165) is 67.6 Å². The van der Waals surface area contributed by atoms with Crippen LogP contribution in [0.5, 0.6) is 5.75 Å². The maximum Gasteiger partial charge on any atom is 0.329 e. The number of carboxylic acid groups (broad SMARTS) is 1. The first kappa shape index (κ1) is 24.5. The van der Waals surface area contributed by atoms with Gasteiger partial charge in [-0.05, 0) is 56.4 Å². The van der Waals surface area contributed by atoms with Crippen molar-refractivity contribution in [3.8, 4) is 28.1 Å². The summed E-state index contributed by atoms with van der Waals surface area (Å²) < 4.78 is 28.4. The predicted octanol–water partition coefficient (Wildman–Crippen LogP) is 6.15. The van der Waals surface area contributed by atoms with Gasteiger partial charge in [-0.2, -0.15) is 5.10 Å². The number of carbonyl (C=O) groups is 1. The lowest BCUT2D eigenvalue weighted by Crippen LogP contribution is -2.23. The van der Waals surface area contributed by atoms with Crippen LogP contribution in [0.25, 0.3) is 22.4 Å². The molecule has 2 aliphatic rings. The van der Waals surface area contributed by atoms with E-state index in [1.807, 2.05) is 42.5 Å². The van der Waals surface area contributed by atoms with Crippen LogP contribution in [0.2, 0.25) is 0 Å². The number of nitrogens with zero attached hydrogens (tertiary/aromatic N) is 2. The van der Waals surface area contributed by atoms with E-state index >= 15 is 4.39 Å². The van der Waals surface area contributed by atoms with Crippen LogP contribution < -0.4 is 4.74 Å². The number of hydrogen-bond acceptors (Lipinski definition) is 4. The number of methoxy groups -OCH3 is 1. The number of ether oxygens (including phenoxy) is 2. The monoisotopic (exact) mass is 492 g/mol. The molecule has 1 N–H and O–H groups in total. The minimum Gasteiger partial charge on any atom is -0.494 e. The van der Waals surface area contributed by atoms with Crippen molar-refractivity contribution in [3.05, 3.63) is 60.0 Å². The highest BCUT2D eigenvalue weighted by Gasteiger charge is 2.35. The fourth-order valence-corrected chi connectivity index (χ4v) is 5.45. The van der Waals surface area contributed by atoms with Gasteiger partial charge in [0.1, 0.15) is 12.3 Å². The molecule has 3 aromatic rings. The molecule has 0 unspecified atom stereocenters. The third-order valence-corrected chi connectivity index (χ3v) is 7.43. The fraction of sp³-hybridized carbons (Fsp3) is 0.448. The first-order valence-electron chi connectivity index (χ1n) is 12.8. The lowest BCUT2D eigenvalue weighted by molar-refractivity contribution is -0.142. The van der Waals surface area contributed by atoms with Crippen LogP contribution in [0, 0.1) is 17.7 Å². The van der Waals surface area contributed by atoms with Crippen LogP contribution >= 0.6 is 0 Å². The Morgan fingerprint density at radius 3 is 2.42 bits per heavy atom. The summed E-state index contributed by atoms with van der Waals surface area (Å²) in [4.78, 5) is 10.7. The average Bonchev–Trinajstić information content (AvgIpc) is 3.66. The third kappa shape index (κ3) is 5.31. The van der Waals surface area contributed by atoms with Crippen LogP contribution in [0.1, 0.15) is 50.1 Å². The highest BCUT2D eigenvalue weighted by molar-refractivity contribution is 5.84. The molecule has 0 aliphatic heterocycles. The molecule has 0 saturated heterocycles. The maximum absolute atomic E-state index is 15.6. The first-order valence-corrected chi connectivity index (χ1v) is 12.8. The molecule has 0 atom stereocenters. The zero-order valence-electron chi connectivity index (χ0n) is 20.7. The number of benzene rings is 2. The summed E-state index contributed by atoms with van der Waals surface area (Å²) in [5, 5.41) is 13.9. The highest BCUT2D eigenvalue weighted by atomic mass is 19.1. The largest absolute Gasteiger partial charge is 0.494 e. The van der Waals surface area contributed by atoms with Crippen molar-refractivity contribution in [1.29, 1.82) is 0 Å². The Bertz CT molecular complexity index is 1200. The van der Waals surface area contributed by atoms with Gasteiger partial charge in [0, 0.05) is 29.2 Å². The lowest BCUT2D eigenvalue weighted by Gasteiger charge is -2.28. The smallest absolute Gasteiger partial charge is 0.329 e. The van der Waals surface area contributed by atoms with Crippen molar-refractivity contribution < 1.29 is 23.8 Å². The number of rotatable bonds is 10. The van der Waals surface area contributed by atoms with Gasteiger partial charge in [0.05, 0.1) is 19.4 Å². The second kappa shape index (κ2) is 10.8. The minimum atomic E-state index is -0.924. The topological polar surface area (TPSA) is 73.6 Å². The summed E-state index contributed by atoms with van der Waals surface area (Å²) >= 11 is 0. The number of aromatic nitrogens is 2. The van der Waals surface area contributed by atoms with E-state index in [9.17, 15) is 4.79 Å². The quantitative estimate of drug-likeness (QED) is 0.367. The van der Waals surface area contributed by atoms with E-state index in [4.69, 9.17) is 19.7 Å². The van der Waals surface area contributed by atoms with Gasteiger partial charge in [-0.15, -0.1) is 0 Å². The predicted molar refractivity (Wildman–Crippen MR) is 135 cm³/mol. The van der Waals surface area contributed by atoms with E-state index in [2.05, 4.69) is 4.68 Å². The van der Waals surface area contributed by atoms with Crippen molar-refractivity contribution in [2.75, 3.05) is 20.3 Å². The Morgan fingerprint density at radius 2 is 1.75 bits per heavy atom. The standard InChI is InChI=1S/C29H33FN2O4/c1-35-24-9-5-8-23(27(24)30)26-28(21-6-3-2-4-7-21)31-32(29(26)22-14-15-22)16-19-10-12-20(13-11-19)17-36-18-25(33)34/h2-9,19-20,22H,10-18H2,1H3,(H,33,34)/t19-,20-. The van der Waals surface area contributed by atoms with Gasteiger partial charge in [-0.25, -0.2) is 9.18 Å².